The lowest BCUT2D eigenvalue weighted by molar-refractivity contribution is 0.312. The number of likely N-dealkylation sites (N-methyl/N-ethyl adjacent to an activating group) is 1. The van der Waals surface area contributed by atoms with Gasteiger partial charge in [0.1, 0.15) is 0 Å². The topological polar surface area (TPSA) is 17.4 Å². The van der Waals surface area contributed by atoms with Crippen LogP contribution in [0.4, 0.5) is 8.78 Å². The average Bonchev–Trinajstić information content (AvgIpc) is 2.94. The van der Waals surface area contributed by atoms with E-state index in [1.54, 1.807) is 0 Å². The van der Waals surface area contributed by atoms with Crippen LogP contribution >= 0.6 is 0 Å². The van der Waals surface area contributed by atoms with Crippen LogP contribution in [-0.2, 0) is 13.0 Å². The van der Waals surface area contributed by atoms with Crippen LogP contribution in [0, 0.1) is 18.6 Å². The van der Waals surface area contributed by atoms with Crippen LogP contribution in [0.15, 0.2) is 30.3 Å². The second-order valence-corrected chi connectivity index (χ2v) is 7.59. The fraction of sp³-hybridized carbons (Fsp3) is 0.304. The number of rotatable bonds is 3. The van der Waals surface area contributed by atoms with Crippen molar-refractivity contribution in [2.75, 3.05) is 20.7 Å². The number of aryl methyl sites for hydroxylation is 1. The summed E-state index contributed by atoms with van der Waals surface area (Å²) in [6, 6.07) is 9.10. The Labute approximate surface area is 163 Å². The number of allylic oxidation sites excluding steroid dienone is 1. The number of benzene rings is 2. The molecule has 0 fully saturated rings. The Bertz CT molecular complexity index is 1070. The summed E-state index contributed by atoms with van der Waals surface area (Å²) in [5, 5.41) is 1.25. The molecule has 1 aromatic heterocycles. The molecule has 5 heteroatoms. The van der Waals surface area contributed by atoms with Gasteiger partial charge < -0.3 is 14.2 Å². The fourth-order valence-corrected chi connectivity index (χ4v) is 4.04. The van der Waals surface area contributed by atoms with Gasteiger partial charge in [0.2, 0.25) is 0 Å². The molecule has 0 saturated carbocycles. The summed E-state index contributed by atoms with van der Waals surface area (Å²) >= 11 is 0. The Morgan fingerprint density at radius 3 is 2.54 bits per heavy atom. The molecule has 1 aliphatic rings. The summed E-state index contributed by atoms with van der Waals surface area (Å²) < 4.78 is 35.3. The molecule has 28 heavy (non-hydrogen) atoms. The highest BCUT2D eigenvalue weighted by molar-refractivity contribution is 5.90. The van der Waals surface area contributed by atoms with Crippen LogP contribution in [-0.4, -0.2) is 30.2 Å². The third-order valence-corrected chi connectivity index (χ3v) is 5.51. The van der Waals surface area contributed by atoms with Gasteiger partial charge in [-0.3, -0.25) is 0 Å². The smallest absolute Gasteiger partial charge is 0.190 e. The van der Waals surface area contributed by atoms with Crippen LogP contribution in [0.5, 0.6) is 5.75 Å². The lowest BCUT2D eigenvalue weighted by Crippen LogP contribution is -2.26. The molecule has 0 aliphatic carbocycles. The molecule has 146 valence electrons. The number of hydrogen-bond donors (Lipinski definition) is 0. The molecular weight excluding hydrogens is 358 g/mol. The largest absolute Gasteiger partial charge is 0.491 e. The molecule has 0 saturated heterocycles. The summed E-state index contributed by atoms with van der Waals surface area (Å²) in [4.78, 5) is 2.32. The average molecular weight is 382 g/mol. The van der Waals surface area contributed by atoms with E-state index in [4.69, 9.17) is 4.74 Å². The maximum atomic E-state index is 14.2. The first kappa shape index (κ1) is 18.7. The minimum atomic E-state index is -0.693. The molecule has 0 bridgehead atoms. The van der Waals surface area contributed by atoms with Crippen molar-refractivity contribution < 1.29 is 13.5 Å². The lowest BCUT2D eigenvalue weighted by atomic mass is 10.0. The van der Waals surface area contributed by atoms with Crippen molar-refractivity contribution in [1.82, 2.24) is 9.47 Å². The van der Waals surface area contributed by atoms with Crippen LogP contribution in [0.1, 0.15) is 29.3 Å². The molecule has 0 amide bonds. The third-order valence-electron chi connectivity index (χ3n) is 5.51. The Morgan fingerprint density at radius 2 is 1.86 bits per heavy atom. The van der Waals surface area contributed by atoms with E-state index < -0.39 is 11.6 Å². The molecule has 3 nitrogen and oxygen atoms in total. The zero-order valence-electron chi connectivity index (χ0n) is 16.6. The summed E-state index contributed by atoms with van der Waals surface area (Å²) in [6.07, 6.45) is 2.93. The van der Waals surface area contributed by atoms with Crippen molar-refractivity contribution >= 4 is 22.7 Å². The van der Waals surface area contributed by atoms with Crippen molar-refractivity contribution in [3.63, 3.8) is 0 Å². The van der Waals surface area contributed by atoms with E-state index in [-0.39, 0.29) is 5.75 Å². The van der Waals surface area contributed by atoms with Crippen molar-refractivity contribution in [3.8, 4) is 5.75 Å². The van der Waals surface area contributed by atoms with Gasteiger partial charge in [0.15, 0.2) is 17.4 Å². The van der Waals surface area contributed by atoms with Crippen molar-refractivity contribution in [2.24, 2.45) is 0 Å². The third kappa shape index (κ3) is 3.10. The zero-order chi connectivity index (χ0) is 20.0. The van der Waals surface area contributed by atoms with Crippen LogP contribution in [0.3, 0.4) is 0 Å². The van der Waals surface area contributed by atoms with Crippen molar-refractivity contribution in [2.45, 2.75) is 26.8 Å². The molecule has 0 radical (unpaired) electrons. The first-order valence-electron chi connectivity index (χ1n) is 9.41. The standard InChI is InChI=1S/C23H24F2N2O/c1-14-5-6-21-17(9-14)18-13-26(3)8-7-22(18)27(21)12-15(2)16-10-19(24)23(28-4)20(25)11-16/h5-6,9-12H,7-8,13H2,1-4H3/b15-12-. The minimum Gasteiger partial charge on any atom is -0.491 e. The minimum absolute atomic E-state index is 0.348. The predicted octanol–water partition coefficient (Wildman–Crippen LogP) is 5.24. The molecule has 3 aromatic rings. The molecule has 0 N–H and O–H groups in total. The molecule has 0 unspecified atom stereocenters. The molecule has 0 atom stereocenters. The molecule has 4 rings (SSSR count). The molecule has 2 aromatic carbocycles. The number of aromatic nitrogens is 1. The van der Waals surface area contributed by atoms with Crippen LogP contribution < -0.4 is 4.74 Å². The molecule has 0 spiro atoms. The molecule has 2 heterocycles. The van der Waals surface area contributed by atoms with Gasteiger partial charge in [-0.1, -0.05) is 11.6 Å². The van der Waals surface area contributed by atoms with E-state index in [9.17, 15) is 8.78 Å². The highest BCUT2D eigenvalue weighted by Gasteiger charge is 2.22. The maximum Gasteiger partial charge on any atom is 0.190 e. The van der Waals surface area contributed by atoms with Gasteiger partial charge in [0.05, 0.1) is 12.6 Å². The zero-order valence-corrected chi connectivity index (χ0v) is 16.6. The summed E-state index contributed by atoms with van der Waals surface area (Å²) in [5.41, 5.74) is 6.25. The highest BCUT2D eigenvalue weighted by Crippen LogP contribution is 2.33. The number of nitrogens with zero attached hydrogens (tertiary/aromatic N) is 2. The summed E-state index contributed by atoms with van der Waals surface area (Å²) in [5.74, 6) is -1.73. The number of halogens is 2. The summed E-state index contributed by atoms with van der Waals surface area (Å²) in [7, 11) is 3.40. The van der Waals surface area contributed by atoms with Gasteiger partial charge in [0.25, 0.3) is 0 Å². The van der Waals surface area contributed by atoms with Crippen LogP contribution in [0.2, 0.25) is 0 Å². The number of methoxy groups -OCH3 is 1. The number of fused-ring (bicyclic) bond motifs is 3. The second-order valence-electron chi connectivity index (χ2n) is 7.59. The van der Waals surface area contributed by atoms with Gasteiger partial charge in [-0.05, 0) is 61.9 Å². The highest BCUT2D eigenvalue weighted by atomic mass is 19.1. The van der Waals surface area contributed by atoms with E-state index in [1.165, 1.54) is 41.4 Å². The molecular formula is C23H24F2N2O. The maximum absolute atomic E-state index is 14.2. The van der Waals surface area contributed by atoms with E-state index in [0.717, 1.165) is 30.6 Å². The number of ether oxygens (including phenoxy) is 1. The quantitative estimate of drug-likeness (QED) is 0.616. The first-order valence-corrected chi connectivity index (χ1v) is 9.41. The second kappa shape index (κ2) is 7.06. The SMILES string of the molecule is COc1c(F)cc(/C(C)=C\n2c3c(c4cc(C)ccc42)CN(C)CC3)cc1F. The van der Waals surface area contributed by atoms with Gasteiger partial charge in [-0.25, -0.2) is 8.78 Å². The Hall–Kier alpha value is -2.66. The van der Waals surface area contributed by atoms with Gasteiger partial charge >= 0.3 is 0 Å². The lowest BCUT2D eigenvalue weighted by Gasteiger charge is -2.23. The van der Waals surface area contributed by atoms with Crippen molar-refractivity contribution in [3.05, 3.63) is 64.4 Å². The Balaban J connectivity index is 1.88. The van der Waals surface area contributed by atoms with E-state index in [0.29, 0.717) is 5.56 Å². The predicted molar refractivity (Wildman–Crippen MR) is 109 cm³/mol. The normalized spacial score (nSPS) is 15.1. The monoisotopic (exact) mass is 382 g/mol. The Kier molecular flexibility index (Phi) is 4.71. The van der Waals surface area contributed by atoms with Gasteiger partial charge in [-0.15, -0.1) is 0 Å². The molecule has 1 aliphatic heterocycles. The fourth-order valence-electron chi connectivity index (χ4n) is 4.04. The van der Waals surface area contributed by atoms with Gasteiger partial charge in [-0.2, -0.15) is 0 Å². The van der Waals surface area contributed by atoms with E-state index in [1.807, 2.05) is 13.1 Å². The first-order chi connectivity index (χ1) is 13.4. The van der Waals surface area contributed by atoms with Gasteiger partial charge in [0, 0.05) is 36.8 Å². The Morgan fingerprint density at radius 1 is 1.14 bits per heavy atom. The van der Waals surface area contributed by atoms with E-state index >= 15 is 0 Å². The van der Waals surface area contributed by atoms with E-state index in [2.05, 4.69) is 41.6 Å². The van der Waals surface area contributed by atoms with Crippen LogP contribution in [0.25, 0.3) is 22.7 Å². The number of hydrogen-bond acceptors (Lipinski definition) is 2. The van der Waals surface area contributed by atoms with Crippen molar-refractivity contribution in [1.29, 1.82) is 0 Å². The summed E-state index contributed by atoms with van der Waals surface area (Å²) in [6.45, 7) is 5.86.